The third-order valence-electron chi connectivity index (χ3n) is 3.24. The summed E-state index contributed by atoms with van der Waals surface area (Å²) in [5, 5.41) is 4.27. The minimum Gasteiger partial charge on any atom is -0.462 e. The molecule has 2 aromatic heterocycles. The molecule has 3 aromatic rings. The van der Waals surface area contributed by atoms with E-state index in [1.165, 1.54) is 0 Å². The highest BCUT2D eigenvalue weighted by molar-refractivity contribution is 5.99. The molecule has 0 fully saturated rings. The fourth-order valence-corrected chi connectivity index (χ4v) is 2.29. The summed E-state index contributed by atoms with van der Waals surface area (Å²) in [6.45, 7) is 4.09. The Kier molecular flexibility index (Phi) is 3.39. The van der Waals surface area contributed by atoms with Crippen molar-refractivity contribution in [1.29, 1.82) is 0 Å². The topological polar surface area (TPSA) is 56.5 Å². The second-order valence-electron chi connectivity index (χ2n) is 4.72. The van der Waals surface area contributed by atoms with Crippen LogP contribution in [0.1, 0.15) is 22.8 Å². The molecule has 106 valence electrons. The second-order valence-corrected chi connectivity index (χ2v) is 4.72. The summed E-state index contributed by atoms with van der Waals surface area (Å²) in [5.74, 6) is -0.327. The quantitative estimate of drug-likeness (QED) is 0.693. The predicted molar refractivity (Wildman–Crippen MR) is 79.1 cm³/mol. The number of carbonyl (C=O) groups excluding carboxylic acids is 1. The Morgan fingerprint density at radius 3 is 3.00 bits per heavy atom. The number of nitrogens with zero attached hydrogens (tertiary/aromatic N) is 3. The smallest absolute Gasteiger partial charge is 0.338 e. The maximum absolute atomic E-state index is 12.2. The average molecular weight is 281 g/mol. The van der Waals surface area contributed by atoms with Crippen LogP contribution < -0.4 is 0 Å². The Balaban J connectivity index is 2.20. The van der Waals surface area contributed by atoms with Gasteiger partial charge in [0.15, 0.2) is 5.65 Å². The van der Waals surface area contributed by atoms with Crippen LogP contribution in [0.25, 0.3) is 16.8 Å². The lowest BCUT2D eigenvalue weighted by molar-refractivity contribution is 0.0527. The van der Waals surface area contributed by atoms with Crippen LogP contribution >= 0.6 is 0 Å². The third-order valence-corrected chi connectivity index (χ3v) is 3.24. The van der Waals surface area contributed by atoms with Crippen LogP contribution in [0.4, 0.5) is 0 Å². The Morgan fingerprint density at radius 1 is 1.33 bits per heavy atom. The first-order valence-electron chi connectivity index (χ1n) is 6.77. The molecular formula is C16H15N3O2. The highest BCUT2D eigenvalue weighted by Crippen LogP contribution is 2.28. The largest absolute Gasteiger partial charge is 0.462 e. The van der Waals surface area contributed by atoms with E-state index in [0.717, 1.165) is 16.7 Å². The van der Waals surface area contributed by atoms with Gasteiger partial charge in [0, 0.05) is 23.5 Å². The second kappa shape index (κ2) is 5.36. The molecular weight excluding hydrogens is 266 g/mol. The molecule has 2 heterocycles. The highest BCUT2D eigenvalue weighted by Gasteiger charge is 2.17. The van der Waals surface area contributed by atoms with Crippen LogP contribution in [-0.4, -0.2) is 27.2 Å². The van der Waals surface area contributed by atoms with Crippen molar-refractivity contribution in [2.24, 2.45) is 0 Å². The van der Waals surface area contributed by atoms with Gasteiger partial charge in [-0.25, -0.2) is 14.3 Å². The van der Waals surface area contributed by atoms with Crippen LogP contribution in [-0.2, 0) is 4.74 Å². The lowest BCUT2D eigenvalue weighted by Gasteiger charge is -2.08. The van der Waals surface area contributed by atoms with Gasteiger partial charge in [-0.1, -0.05) is 17.7 Å². The average Bonchev–Trinajstić information content (AvgIpc) is 2.91. The molecule has 1 aromatic carbocycles. The number of ether oxygens (including phenoxy) is 1. The SMILES string of the molecule is CCOC(=O)c1cc(C)ccc1-c1cnn2cccnc12. The number of fused-ring (bicyclic) bond motifs is 1. The van der Waals surface area contributed by atoms with Crippen molar-refractivity contribution < 1.29 is 9.53 Å². The summed E-state index contributed by atoms with van der Waals surface area (Å²) in [6.07, 6.45) is 5.25. The van der Waals surface area contributed by atoms with E-state index in [9.17, 15) is 4.79 Å². The molecule has 0 aliphatic carbocycles. The maximum atomic E-state index is 12.2. The van der Waals surface area contributed by atoms with Gasteiger partial charge in [0.25, 0.3) is 0 Å². The summed E-state index contributed by atoms with van der Waals surface area (Å²) in [7, 11) is 0. The number of hydrogen-bond acceptors (Lipinski definition) is 4. The summed E-state index contributed by atoms with van der Waals surface area (Å²) < 4.78 is 6.83. The molecule has 0 atom stereocenters. The number of benzene rings is 1. The minimum atomic E-state index is -0.327. The maximum Gasteiger partial charge on any atom is 0.338 e. The van der Waals surface area contributed by atoms with E-state index < -0.39 is 0 Å². The van der Waals surface area contributed by atoms with Gasteiger partial charge >= 0.3 is 5.97 Å². The molecule has 0 aliphatic rings. The molecule has 5 nitrogen and oxygen atoms in total. The first-order chi connectivity index (χ1) is 10.2. The number of hydrogen-bond donors (Lipinski definition) is 0. The summed E-state index contributed by atoms with van der Waals surface area (Å²) in [5.41, 5.74) is 3.86. The zero-order chi connectivity index (χ0) is 14.8. The van der Waals surface area contributed by atoms with E-state index in [4.69, 9.17) is 4.74 Å². The molecule has 0 unspecified atom stereocenters. The molecule has 0 N–H and O–H groups in total. The highest BCUT2D eigenvalue weighted by atomic mass is 16.5. The molecule has 0 saturated carbocycles. The van der Waals surface area contributed by atoms with E-state index in [1.54, 1.807) is 23.8 Å². The third kappa shape index (κ3) is 2.38. The molecule has 0 amide bonds. The Morgan fingerprint density at radius 2 is 2.19 bits per heavy atom. The van der Waals surface area contributed by atoms with Crippen LogP contribution in [0.15, 0.2) is 42.9 Å². The monoisotopic (exact) mass is 281 g/mol. The van der Waals surface area contributed by atoms with Gasteiger partial charge in [-0.2, -0.15) is 5.10 Å². The summed E-state index contributed by atoms with van der Waals surface area (Å²) >= 11 is 0. The van der Waals surface area contributed by atoms with Gasteiger partial charge in [-0.3, -0.25) is 0 Å². The van der Waals surface area contributed by atoms with Gasteiger partial charge in [-0.15, -0.1) is 0 Å². The van der Waals surface area contributed by atoms with Gasteiger partial charge in [0.05, 0.1) is 18.4 Å². The van der Waals surface area contributed by atoms with Crippen molar-refractivity contribution in [3.8, 4) is 11.1 Å². The number of esters is 1. The van der Waals surface area contributed by atoms with Gasteiger partial charge in [-0.05, 0) is 26.0 Å². The van der Waals surface area contributed by atoms with Crippen molar-refractivity contribution in [1.82, 2.24) is 14.6 Å². The first kappa shape index (κ1) is 13.3. The summed E-state index contributed by atoms with van der Waals surface area (Å²) in [6, 6.07) is 7.52. The first-order valence-corrected chi connectivity index (χ1v) is 6.77. The summed E-state index contributed by atoms with van der Waals surface area (Å²) in [4.78, 5) is 16.5. The van der Waals surface area contributed by atoms with Crippen molar-refractivity contribution in [2.45, 2.75) is 13.8 Å². The number of rotatable bonds is 3. The van der Waals surface area contributed by atoms with Crippen LogP contribution in [0.2, 0.25) is 0 Å². The zero-order valence-electron chi connectivity index (χ0n) is 11.9. The normalized spacial score (nSPS) is 10.8. The Bertz CT molecular complexity index is 808. The van der Waals surface area contributed by atoms with Crippen molar-refractivity contribution in [3.63, 3.8) is 0 Å². The van der Waals surface area contributed by atoms with Gasteiger partial charge in [0.1, 0.15) is 0 Å². The molecule has 21 heavy (non-hydrogen) atoms. The van der Waals surface area contributed by atoms with E-state index in [1.807, 2.05) is 37.4 Å². The fraction of sp³-hybridized carbons (Fsp3) is 0.188. The van der Waals surface area contributed by atoms with Gasteiger partial charge in [0.2, 0.25) is 0 Å². The van der Waals surface area contributed by atoms with E-state index in [-0.39, 0.29) is 5.97 Å². The lowest BCUT2D eigenvalue weighted by atomic mass is 10.00. The molecule has 0 saturated heterocycles. The molecule has 0 aliphatic heterocycles. The molecule has 0 radical (unpaired) electrons. The van der Waals surface area contributed by atoms with Crippen molar-refractivity contribution >= 4 is 11.6 Å². The minimum absolute atomic E-state index is 0.327. The standard InChI is InChI=1S/C16H15N3O2/c1-3-21-16(20)13-9-11(2)5-6-12(13)14-10-18-19-8-4-7-17-15(14)19/h4-10H,3H2,1-2H3. The fourth-order valence-electron chi connectivity index (χ4n) is 2.29. The Labute approximate surface area is 122 Å². The van der Waals surface area contributed by atoms with Crippen LogP contribution in [0.3, 0.4) is 0 Å². The molecule has 5 heteroatoms. The number of aromatic nitrogens is 3. The van der Waals surface area contributed by atoms with Crippen LogP contribution in [0, 0.1) is 6.92 Å². The molecule has 0 spiro atoms. The lowest BCUT2D eigenvalue weighted by Crippen LogP contribution is -2.07. The molecule has 3 rings (SSSR count). The van der Waals surface area contributed by atoms with Crippen molar-refractivity contribution in [2.75, 3.05) is 6.61 Å². The predicted octanol–water partition coefficient (Wildman–Crippen LogP) is 2.88. The molecule has 0 bridgehead atoms. The Hall–Kier alpha value is -2.69. The van der Waals surface area contributed by atoms with E-state index >= 15 is 0 Å². The zero-order valence-corrected chi connectivity index (χ0v) is 11.9. The van der Waals surface area contributed by atoms with Gasteiger partial charge < -0.3 is 4.74 Å². The van der Waals surface area contributed by atoms with Crippen LogP contribution in [0.5, 0.6) is 0 Å². The van der Waals surface area contributed by atoms with Crippen molar-refractivity contribution in [3.05, 3.63) is 54.0 Å². The van der Waals surface area contributed by atoms with E-state index in [2.05, 4.69) is 10.1 Å². The van der Waals surface area contributed by atoms with E-state index in [0.29, 0.717) is 17.8 Å². The number of aryl methyl sites for hydroxylation is 1. The number of carbonyl (C=O) groups is 1.